The minimum absolute atomic E-state index is 0.0350. The van der Waals surface area contributed by atoms with Gasteiger partial charge in [-0.3, -0.25) is 4.79 Å². The Morgan fingerprint density at radius 3 is 2.28 bits per heavy atom. The van der Waals surface area contributed by atoms with Gasteiger partial charge in [-0.25, -0.2) is 0 Å². The first kappa shape index (κ1) is 19.1. The second-order valence-corrected chi connectivity index (χ2v) is 6.32. The van der Waals surface area contributed by atoms with E-state index in [4.69, 9.17) is 11.6 Å². The summed E-state index contributed by atoms with van der Waals surface area (Å²) in [5, 5.41) is 6.80. The molecular weight excluding hydrogens is 334 g/mol. The van der Waals surface area contributed by atoms with Crippen LogP contribution in [0.2, 0.25) is 5.02 Å². The fraction of sp³-hybridized carbons (Fsp3) is 0.350. The predicted octanol–water partition coefficient (Wildman–Crippen LogP) is 4.94. The molecule has 0 aliphatic carbocycles. The van der Waals surface area contributed by atoms with Gasteiger partial charge in [0.1, 0.15) is 0 Å². The summed E-state index contributed by atoms with van der Waals surface area (Å²) in [7, 11) is 0. The smallest absolute Gasteiger partial charge is 0.226 e. The Balaban J connectivity index is 1.79. The maximum atomic E-state index is 12.0. The number of benzene rings is 2. The van der Waals surface area contributed by atoms with E-state index in [1.54, 1.807) is 6.07 Å². The largest absolute Gasteiger partial charge is 0.385 e. The minimum Gasteiger partial charge on any atom is -0.385 e. The van der Waals surface area contributed by atoms with Crippen LogP contribution in [0.15, 0.2) is 42.5 Å². The van der Waals surface area contributed by atoms with Gasteiger partial charge >= 0.3 is 0 Å². The van der Waals surface area contributed by atoms with Gasteiger partial charge in [-0.15, -0.1) is 0 Å². The Morgan fingerprint density at radius 2 is 1.68 bits per heavy atom. The number of anilines is 3. The number of aryl methyl sites for hydroxylation is 1. The molecule has 0 unspecified atom stereocenters. The molecule has 0 saturated heterocycles. The Bertz CT molecular complexity index is 697. The minimum atomic E-state index is -0.0350. The van der Waals surface area contributed by atoms with Crippen LogP contribution in [-0.2, 0) is 4.79 Å². The van der Waals surface area contributed by atoms with Crippen molar-refractivity contribution >= 4 is 34.6 Å². The predicted molar refractivity (Wildman–Crippen MR) is 108 cm³/mol. The number of carbonyl (C=O) groups excluding carboxylic acids is 1. The zero-order valence-corrected chi connectivity index (χ0v) is 15.9. The van der Waals surface area contributed by atoms with E-state index < -0.39 is 0 Å². The summed E-state index contributed by atoms with van der Waals surface area (Å²) < 4.78 is 0. The van der Waals surface area contributed by atoms with Crippen LogP contribution in [0.1, 0.15) is 25.8 Å². The summed E-state index contributed by atoms with van der Waals surface area (Å²) in [4.78, 5) is 14.3. The maximum absolute atomic E-state index is 12.0. The number of nitrogens with one attached hydrogen (secondary N) is 2. The molecule has 1 amide bonds. The van der Waals surface area contributed by atoms with Gasteiger partial charge in [-0.05, 0) is 62.7 Å². The van der Waals surface area contributed by atoms with E-state index in [0.717, 1.165) is 30.0 Å². The van der Waals surface area contributed by atoms with Crippen molar-refractivity contribution in [1.29, 1.82) is 0 Å². The highest BCUT2D eigenvalue weighted by Crippen LogP contribution is 2.20. The van der Waals surface area contributed by atoms with Crippen molar-refractivity contribution < 1.29 is 4.79 Å². The summed E-state index contributed by atoms with van der Waals surface area (Å²) in [5.74, 6) is -0.0350. The van der Waals surface area contributed by atoms with Crippen LogP contribution in [0, 0.1) is 6.92 Å². The lowest BCUT2D eigenvalue weighted by Gasteiger charge is -2.21. The second kappa shape index (κ2) is 9.33. The lowest BCUT2D eigenvalue weighted by molar-refractivity contribution is -0.115. The van der Waals surface area contributed by atoms with Gasteiger partial charge < -0.3 is 15.5 Å². The Kier molecular flexibility index (Phi) is 7.14. The van der Waals surface area contributed by atoms with Gasteiger partial charge in [-0.2, -0.15) is 0 Å². The molecule has 0 saturated carbocycles. The van der Waals surface area contributed by atoms with Gasteiger partial charge in [0.05, 0.1) is 0 Å². The molecule has 5 heteroatoms. The van der Waals surface area contributed by atoms with Crippen molar-refractivity contribution in [3.05, 3.63) is 53.1 Å². The highest BCUT2D eigenvalue weighted by atomic mass is 35.5. The molecule has 0 aromatic heterocycles. The quantitative estimate of drug-likeness (QED) is 0.702. The van der Waals surface area contributed by atoms with Crippen molar-refractivity contribution in [2.75, 3.05) is 35.2 Å². The molecule has 0 aliphatic heterocycles. The van der Waals surface area contributed by atoms with E-state index in [0.29, 0.717) is 18.0 Å². The van der Waals surface area contributed by atoms with Crippen molar-refractivity contribution in [2.24, 2.45) is 0 Å². The summed E-state index contributed by atoms with van der Waals surface area (Å²) >= 11 is 6.07. The SMILES string of the molecule is CCN(CC)c1ccc(NCCC(=O)Nc2ccc(C)c(Cl)c2)cc1. The first-order chi connectivity index (χ1) is 12.0. The van der Waals surface area contributed by atoms with Crippen LogP contribution < -0.4 is 15.5 Å². The normalized spacial score (nSPS) is 10.4. The van der Waals surface area contributed by atoms with Crippen molar-refractivity contribution in [2.45, 2.75) is 27.2 Å². The number of rotatable bonds is 8. The summed E-state index contributed by atoms with van der Waals surface area (Å²) in [6, 6.07) is 13.8. The molecule has 25 heavy (non-hydrogen) atoms. The van der Waals surface area contributed by atoms with Crippen LogP contribution in [0.3, 0.4) is 0 Å². The van der Waals surface area contributed by atoms with Crippen molar-refractivity contribution in [1.82, 2.24) is 0 Å². The topological polar surface area (TPSA) is 44.4 Å². The number of carbonyl (C=O) groups is 1. The first-order valence-electron chi connectivity index (χ1n) is 8.68. The van der Waals surface area contributed by atoms with E-state index in [2.05, 4.69) is 41.5 Å². The highest BCUT2D eigenvalue weighted by Gasteiger charge is 2.05. The molecule has 134 valence electrons. The number of halogens is 1. The molecule has 0 heterocycles. The zero-order chi connectivity index (χ0) is 18.2. The molecule has 2 aromatic rings. The third-order valence-electron chi connectivity index (χ3n) is 4.13. The van der Waals surface area contributed by atoms with E-state index >= 15 is 0 Å². The maximum Gasteiger partial charge on any atom is 0.226 e. The monoisotopic (exact) mass is 359 g/mol. The first-order valence-corrected chi connectivity index (χ1v) is 9.06. The Labute approximate surface area is 155 Å². The zero-order valence-electron chi connectivity index (χ0n) is 15.1. The molecule has 0 bridgehead atoms. The molecule has 2 aromatic carbocycles. The van der Waals surface area contributed by atoms with E-state index in [-0.39, 0.29) is 5.91 Å². The fourth-order valence-electron chi connectivity index (χ4n) is 2.59. The van der Waals surface area contributed by atoms with Crippen LogP contribution in [-0.4, -0.2) is 25.5 Å². The summed E-state index contributed by atoms with van der Waals surface area (Å²) in [5.41, 5.74) is 3.95. The second-order valence-electron chi connectivity index (χ2n) is 5.91. The van der Waals surface area contributed by atoms with Crippen LogP contribution in [0.25, 0.3) is 0 Å². The number of amides is 1. The molecule has 2 N–H and O–H groups in total. The molecule has 0 fully saturated rings. The average Bonchev–Trinajstić information content (AvgIpc) is 2.60. The van der Waals surface area contributed by atoms with E-state index in [1.165, 1.54) is 5.69 Å². The van der Waals surface area contributed by atoms with Gasteiger partial charge in [0.15, 0.2) is 0 Å². The highest BCUT2D eigenvalue weighted by molar-refractivity contribution is 6.31. The summed E-state index contributed by atoms with van der Waals surface area (Å²) in [6.45, 7) is 8.80. The third kappa shape index (κ3) is 5.68. The fourth-order valence-corrected chi connectivity index (χ4v) is 2.77. The van der Waals surface area contributed by atoms with Crippen molar-refractivity contribution in [3.63, 3.8) is 0 Å². The third-order valence-corrected chi connectivity index (χ3v) is 4.54. The van der Waals surface area contributed by atoms with Crippen LogP contribution in [0.4, 0.5) is 17.1 Å². The average molecular weight is 360 g/mol. The Morgan fingerprint density at radius 1 is 1.04 bits per heavy atom. The van der Waals surface area contributed by atoms with Gasteiger partial charge in [0.2, 0.25) is 5.91 Å². The number of hydrogen-bond donors (Lipinski definition) is 2. The molecular formula is C20H26ClN3O. The van der Waals surface area contributed by atoms with E-state index in [1.807, 2.05) is 31.2 Å². The van der Waals surface area contributed by atoms with Gasteiger partial charge in [0.25, 0.3) is 0 Å². The van der Waals surface area contributed by atoms with E-state index in [9.17, 15) is 4.79 Å². The van der Waals surface area contributed by atoms with Crippen LogP contribution >= 0.6 is 11.6 Å². The molecule has 4 nitrogen and oxygen atoms in total. The lowest BCUT2D eigenvalue weighted by Crippen LogP contribution is -2.21. The molecule has 0 radical (unpaired) electrons. The van der Waals surface area contributed by atoms with Gasteiger partial charge in [0, 0.05) is 48.1 Å². The summed E-state index contributed by atoms with van der Waals surface area (Å²) in [6.07, 6.45) is 0.392. The Hall–Kier alpha value is -2.20. The number of hydrogen-bond acceptors (Lipinski definition) is 3. The van der Waals surface area contributed by atoms with Crippen LogP contribution in [0.5, 0.6) is 0 Å². The van der Waals surface area contributed by atoms with Gasteiger partial charge in [-0.1, -0.05) is 17.7 Å². The van der Waals surface area contributed by atoms with Crippen molar-refractivity contribution in [3.8, 4) is 0 Å². The molecule has 2 rings (SSSR count). The molecule has 0 spiro atoms. The molecule has 0 atom stereocenters. The lowest BCUT2D eigenvalue weighted by atomic mass is 10.2. The molecule has 0 aliphatic rings. The standard InChI is InChI=1S/C20H26ClN3O/c1-4-24(5-2)18-10-8-16(9-11-18)22-13-12-20(25)23-17-7-6-15(3)19(21)14-17/h6-11,14,22H,4-5,12-13H2,1-3H3,(H,23,25). The number of nitrogens with zero attached hydrogens (tertiary/aromatic N) is 1.